The first-order valence-corrected chi connectivity index (χ1v) is 6.86. The van der Waals surface area contributed by atoms with Crippen LogP contribution in [0.25, 0.3) is 0 Å². The van der Waals surface area contributed by atoms with Gasteiger partial charge in [-0.05, 0) is 40.2 Å². The average molecular weight is 294 g/mol. The number of carbonyl (C=O) groups is 2. The molecule has 0 atom stereocenters. The van der Waals surface area contributed by atoms with Gasteiger partial charge >= 0.3 is 5.97 Å². The van der Waals surface area contributed by atoms with E-state index in [2.05, 4.69) is 10.3 Å². The van der Waals surface area contributed by atoms with Crippen molar-refractivity contribution in [2.75, 3.05) is 6.54 Å². The second kappa shape index (κ2) is 7.06. The minimum atomic E-state index is -0.881. The van der Waals surface area contributed by atoms with Crippen LogP contribution in [0.4, 0.5) is 0 Å². The summed E-state index contributed by atoms with van der Waals surface area (Å²) in [5, 5.41) is 11.7. The van der Waals surface area contributed by atoms with E-state index in [0.717, 1.165) is 0 Å². The molecule has 0 aliphatic carbocycles. The number of hydrogen-bond donors (Lipinski definition) is 2. The van der Waals surface area contributed by atoms with Crippen LogP contribution in [0.15, 0.2) is 18.3 Å². The summed E-state index contributed by atoms with van der Waals surface area (Å²) < 4.78 is 5.39. The highest BCUT2D eigenvalue weighted by molar-refractivity contribution is 5.93. The molecule has 2 N–H and O–H groups in total. The number of carbonyl (C=O) groups excluding carboxylic acids is 1. The van der Waals surface area contributed by atoms with Crippen molar-refractivity contribution in [3.63, 3.8) is 0 Å². The van der Waals surface area contributed by atoms with Crippen LogP contribution in [0.2, 0.25) is 0 Å². The molecule has 0 spiro atoms. The van der Waals surface area contributed by atoms with E-state index in [4.69, 9.17) is 9.84 Å². The Morgan fingerprint density at radius 2 is 2.05 bits per heavy atom. The number of hydrogen-bond acceptors (Lipinski definition) is 4. The maximum Gasteiger partial charge on any atom is 0.309 e. The zero-order valence-corrected chi connectivity index (χ0v) is 12.8. The van der Waals surface area contributed by atoms with Crippen molar-refractivity contribution in [2.45, 2.75) is 40.2 Å². The van der Waals surface area contributed by atoms with Crippen molar-refractivity contribution < 1.29 is 19.4 Å². The zero-order chi connectivity index (χ0) is 16.0. The van der Waals surface area contributed by atoms with Gasteiger partial charge < -0.3 is 15.2 Å². The number of aliphatic carboxylic acids is 1. The average Bonchev–Trinajstić information content (AvgIpc) is 2.38. The lowest BCUT2D eigenvalue weighted by molar-refractivity contribution is -0.147. The smallest absolute Gasteiger partial charge is 0.309 e. The van der Waals surface area contributed by atoms with E-state index in [1.54, 1.807) is 26.0 Å². The molecule has 1 heterocycles. The van der Waals surface area contributed by atoms with Crippen molar-refractivity contribution in [1.29, 1.82) is 0 Å². The first kappa shape index (κ1) is 16.9. The molecule has 0 bridgehead atoms. The molecular weight excluding hydrogens is 272 g/mol. The molecule has 6 nitrogen and oxygen atoms in total. The second-order valence-corrected chi connectivity index (χ2v) is 5.75. The van der Waals surface area contributed by atoms with Crippen molar-refractivity contribution in [3.05, 3.63) is 23.9 Å². The summed E-state index contributed by atoms with van der Waals surface area (Å²) in [4.78, 5) is 26.9. The Labute approximate surface area is 124 Å². The molecule has 0 radical (unpaired) electrons. The maximum absolute atomic E-state index is 11.9. The second-order valence-electron chi connectivity index (χ2n) is 5.75. The lowest BCUT2D eigenvalue weighted by Crippen LogP contribution is -2.32. The number of rotatable bonds is 7. The fourth-order valence-corrected chi connectivity index (χ4v) is 1.52. The summed E-state index contributed by atoms with van der Waals surface area (Å²) in [5.74, 6) is -0.693. The predicted octanol–water partition coefficient (Wildman–Crippen LogP) is 2.10. The van der Waals surface area contributed by atoms with Gasteiger partial charge in [0.1, 0.15) is 0 Å². The molecule has 6 heteroatoms. The van der Waals surface area contributed by atoms with Crippen LogP contribution >= 0.6 is 0 Å². The van der Waals surface area contributed by atoms with Gasteiger partial charge in [-0.3, -0.25) is 9.59 Å². The lowest BCUT2D eigenvalue weighted by atomic mass is 9.90. The Hall–Kier alpha value is -2.11. The number of amides is 1. The molecule has 0 saturated heterocycles. The van der Waals surface area contributed by atoms with Crippen molar-refractivity contribution in [1.82, 2.24) is 10.3 Å². The largest absolute Gasteiger partial charge is 0.481 e. The standard InChI is InChI=1S/C15H22N2O4/c1-10(2)21-12-6-5-11(9-17-12)13(18)16-8-7-15(3,4)14(19)20/h5-6,9-10H,7-8H2,1-4H3,(H,16,18)(H,19,20). The van der Waals surface area contributed by atoms with Crippen molar-refractivity contribution >= 4 is 11.9 Å². The fraction of sp³-hybridized carbons (Fsp3) is 0.533. The van der Waals surface area contributed by atoms with Crippen LogP contribution in [0.3, 0.4) is 0 Å². The van der Waals surface area contributed by atoms with Gasteiger partial charge in [0.2, 0.25) is 5.88 Å². The maximum atomic E-state index is 11.9. The van der Waals surface area contributed by atoms with Gasteiger partial charge in [-0.1, -0.05) is 0 Å². The Morgan fingerprint density at radius 1 is 1.38 bits per heavy atom. The molecule has 1 aromatic rings. The normalized spacial score (nSPS) is 11.3. The summed E-state index contributed by atoms with van der Waals surface area (Å²) in [6.45, 7) is 7.34. The molecule has 0 fully saturated rings. The van der Waals surface area contributed by atoms with Gasteiger partial charge in [0.25, 0.3) is 5.91 Å². The topological polar surface area (TPSA) is 88.5 Å². The molecule has 1 rings (SSSR count). The molecular formula is C15H22N2O4. The Balaban J connectivity index is 2.51. The van der Waals surface area contributed by atoms with Crippen molar-refractivity contribution in [3.8, 4) is 5.88 Å². The number of nitrogens with zero attached hydrogens (tertiary/aromatic N) is 1. The van der Waals surface area contributed by atoms with Gasteiger partial charge in [-0.25, -0.2) is 4.98 Å². The molecule has 1 aromatic heterocycles. The highest BCUT2D eigenvalue weighted by Crippen LogP contribution is 2.19. The highest BCUT2D eigenvalue weighted by atomic mass is 16.5. The van der Waals surface area contributed by atoms with Gasteiger partial charge in [0, 0.05) is 18.8 Å². The quantitative estimate of drug-likeness (QED) is 0.804. The number of nitrogens with one attached hydrogen (secondary N) is 1. The van der Waals surface area contributed by atoms with Crippen molar-refractivity contribution in [2.24, 2.45) is 5.41 Å². The first-order valence-electron chi connectivity index (χ1n) is 6.86. The number of ether oxygens (including phenoxy) is 1. The van der Waals surface area contributed by atoms with Crippen LogP contribution in [0.5, 0.6) is 5.88 Å². The molecule has 116 valence electrons. The predicted molar refractivity (Wildman–Crippen MR) is 78.4 cm³/mol. The summed E-state index contributed by atoms with van der Waals surface area (Å²) >= 11 is 0. The van der Waals surface area contributed by atoms with Crippen LogP contribution in [-0.4, -0.2) is 34.6 Å². The third-order valence-electron chi connectivity index (χ3n) is 2.97. The van der Waals surface area contributed by atoms with E-state index >= 15 is 0 Å². The monoisotopic (exact) mass is 294 g/mol. The minimum absolute atomic E-state index is 0.0235. The lowest BCUT2D eigenvalue weighted by Gasteiger charge is -2.18. The SMILES string of the molecule is CC(C)Oc1ccc(C(=O)NCCC(C)(C)C(=O)O)cn1. The zero-order valence-electron chi connectivity index (χ0n) is 12.8. The molecule has 0 saturated carbocycles. The summed E-state index contributed by atoms with van der Waals surface area (Å²) in [7, 11) is 0. The van der Waals surface area contributed by atoms with Crippen LogP contribution < -0.4 is 10.1 Å². The number of pyridine rings is 1. The number of carboxylic acids is 1. The van der Waals surface area contributed by atoms with E-state index in [9.17, 15) is 9.59 Å². The Morgan fingerprint density at radius 3 is 2.52 bits per heavy atom. The van der Waals surface area contributed by atoms with Gasteiger partial charge in [-0.2, -0.15) is 0 Å². The van der Waals surface area contributed by atoms with E-state index in [1.165, 1.54) is 6.20 Å². The molecule has 21 heavy (non-hydrogen) atoms. The molecule has 0 aromatic carbocycles. The molecule has 0 unspecified atom stereocenters. The van der Waals surface area contributed by atoms with E-state index in [-0.39, 0.29) is 12.0 Å². The molecule has 1 amide bonds. The van der Waals surface area contributed by atoms with Crippen LogP contribution in [0.1, 0.15) is 44.5 Å². The van der Waals surface area contributed by atoms with E-state index in [0.29, 0.717) is 24.4 Å². The van der Waals surface area contributed by atoms with Crippen LogP contribution in [0, 0.1) is 5.41 Å². The molecule has 0 aliphatic rings. The summed E-state index contributed by atoms with van der Waals surface area (Å²) in [6, 6.07) is 3.26. The third kappa shape index (κ3) is 5.41. The molecule has 0 aliphatic heterocycles. The van der Waals surface area contributed by atoms with Gasteiger partial charge in [0.15, 0.2) is 0 Å². The van der Waals surface area contributed by atoms with E-state index < -0.39 is 11.4 Å². The number of carboxylic acid groups (broad SMARTS) is 1. The highest BCUT2D eigenvalue weighted by Gasteiger charge is 2.26. The first-order chi connectivity index (χ1) is 9.72. The Bertz CT molecular complexity index is 495. The fourth-order valence-electron chi connectivity index (χ4n) is 1.52. The Kier molecular flexibility index (Phi) is 5.69. The van der Waals surface area contributed by atoms with Crippen LogP contribution in [-0.2, 0) is 4.79 Å². The number of aromatic nitrogens is 1. The summed E-state index contributed by atoms with van der Waals surface area (Å²) in [5.41, 5.74) is -0.445. The summed E-state index contributed by atoms with van der Waals surface area (Å²) in [6.07, 6.45) is 1.82. The third-order valence-corrected chi connectivity index (χ3v) is 2.97. The van der Waals surface area contributed by atoms with Gasteiger partial charge in [-0.15, -0.1) is 0 Å². The van der Waals surface area contributed by atoms with Gasteiger partial charge in [0.05, 0.1) is 17.1 Å². The minimum Gasteiger partial charge on any atom is -0.481 e. The van der Waals surface area contributed by atoms with E-state index in [1.807, 2.05) is 13.8 Å².